The summed E-state index contributed by atoms with van der Waals surface area (Å²) in [7, 11) is 0. The van der Waals surface area contributed by atoms with Crippen LogP contribution in [0, 0.1) is 6.92 Å². The van der Waals surface area contributed by atoms with Crippen molar-refractivity contribution in [2.24, 2.45) is 5.73 Å². The van der Waals surface area contributed by atoms with E-state index < -0.39 is 0 Å². The van der Waals surface area contributed by atoms with Crippen molar-refractivity contribution in [1.82, 2.24) is 14.6 Å². The molecule has 2 aromatic heterocycles. The molecule has 0 radical (unpaired) electrons. The quantitative estimate of drug-likeness (QED) is 0.759. The fourth-order valence-electron chi connectivity index (χ4n) is 2.21. The highest BCUT2D eigenvalue weighted by atomic mass is 15.3. The first-order valence-corrected chi connectivity index (χ1v) is 6.61. The Hall–Kier alpha value is -2.40. The van der Waals surface area contributed by atoms with Crippen molar-refractivity contribution in [3.8, 4) is 0 Å². The first kappa shape index (κ1) is 12.6. The maximum Gasteiger partial charge on any atom is 0.243 e. The second kappa shape index (κ2) is 5.30. The highest BCUT2D eigenvalue weighted by Crippen LogP contribution is 2.12. The van der Waals surface area contributed by atoms with E-state index in [-0.39, 0.29) is 0 Å². The first-order valence-electron chi connectivity index (χ1n) is 6.61. The Kier molecular flexibility index (Phi) is 3.35. The van der Waals surface area contributed by atoms with Crippen molar-refractivity contribution in [3.63, 3.8) is 0 Å². The van der Waals surface area contributed by atoms with Crippen molar-refractivity contribution < 1.29 is 0 Å². The van der Waals surface area contributed by atoms with E-state index >= 15 is 0 Å². The summed E-state index contributed by atoms with van der Waals surface area (Å²) in [5, 5.41) is 7.70. The predicted molar refractivity (Wildman–Crippen MR) is 79.4 cm³/mol. The molecule has 0 spiro atoms. The molecule has 1 aromatic carbocycles. The number of aromatic nitrogens is 3. The Morgan fingerprint density at radius 1 is 1.10 bits per heavy atom. The second-order valence-corrected chi connectivity index (χ2v) is 4.70. The number of anilines is 1. The summed E-state index contributed by atoms with van der Waals surface area (Å²) in [5.74, 6) is 0.631. The predicted octanol–water partition coefficient (Wildman–Crippen LogP) is 2.11. The van der Waals surface area contributed by atoms with Gasteiger partial charge in [0.15, 0.2) is 5.65 Å². The van der Waals surface area contributed by atoms with Crippen LogP contribution in [0.25, 0.3) is 5.65 Å². The van der Waals surface area contributed by atoms with Gasteiger partial charge in [0.2, 0.25) is 5.95 Å². The summed E-state index contributed by atoms with van der Waals surface area (Å²) >= 11 is 0. The number of hydrogen-bond donors (Lipinski definition) is 2. The van der Waals surface area contributed by atoms with E-state index in [4.69, 9.17) is 5.73 Å². The molecule has 102 valence electrons. The molecule has 5 heteroatoms. The minimum atomic E-state index is 0.537. The molecule has 0 aliphatic carbocycles. The van der Waals surface area contributed by atoms with Gasteiger partial charge in [0.25, 0.3) is 0 Å². The molecule has 5 nitrogen and oxygen atoms in total. The standard InChI is InChI=1S/C15H17N5/c1-11-5-4-8-14-18-15(19-20(11)14)17-10-13-7-3-2-6-12(13)9-16/h2-8H,9-10,16H2,1H3,(H,17,19). The molecule has 0 aliphatic heterocycles. The number of benzene rings is 1. The van der Waals surface area contributed by atoms with Gasteiger partial charge in [0.05, 0.1) is 0 Å². The number of aryl methyl sites for hydroxylation is 1. The molecule has 0 aliphatic rings. The van der Waals surface area contributed by atoms with Crippen LogP contribution in [0.2, 0.25) is 0 Å². The van der Waals surface area contributed by atoms with Crippen LogP contribution >= 0.6 is 0 Å². The van der Waals surface area contributed by atoms with E-state index in [0.29, 0.717) is 19.0 Å². The molecule has 0 atom stereocenters. The Morgan fingerprint density at radius 3 is 2.65 bits per heavy atom. The molecule has 0 unspecified atom stereocenters. The lowest BCUT2D eigenvalue weighted by Crippen LogP contribution is -2.07. The zero-order valence-corrected chi connectivity index (χ0v) is 11.4. The zero-order valence-electron chi connectivity index (χ0n) is 11.4. The van der Waals surface area contributed by atoms with E-state index in [9.17, 15) is 0 Å². The number of nitrogens with zero attached hydrogens (tertiary/aromatic N) is 3. The molecule has 3 N–H and O–H groups in total. The number of nitrogens with one attached hydrogen (secondary N) is 1. The lowest BCUT2D eigenvalue weighted by molar-refractivity contribution is 0.906. The van der Waals surface area contributed by atoms with E-state index in [2.05, 4.69) is 21.5 Å². The average molecular weight is 267 g/mol. The minimum absolute atomic E-state index is 0.537. The highest BCUT2D eigenvalue weighted by Gasteiger charge is 2.05. The van der Waals surface area contributed by atoms with Crippen molar-refractivity contribution >= 4 is 11.6 Å². The number of nitrogens with two attached hydrogens (primary N) is 1. The van der Waals surface area contributed by atoms with Crippen LogP contribution in [0.4, 0.5) is 5.95 Å². The molecule has 3 rings (SSSR count). The number of fused-ring (bicyclic) bond motifs is 1. The lowest BCUT2D eigenvalue weighted by Gasteiger charge is -2.07. The Morgan fingerprint density at radius 2 is 1.90 bits per heavy atom. The molecular formula is C15H17N5. The van der Waals surface area contributed by atoms with Crippen molar-refractivity contribution in [2.45, 2.75) is 20.0 Å². The summed E-state index contributed by atoms with van der Waals surface area (Å²) in [6.07, 6.45) is 0. The van der Waals surface area contributed by atoms with E-state index in [1.54, 1.807) is 0 Å². The van der Waals surface area contributed by atoms with Gasteiger partial charge in [-0.25, -0.2) is 4.52 Å². The number of pyridine rings is 1. The molecule has 2 heterocycles. The van der Waals surface area contributed by atoms with Gasteiger partial charge in [0.1, 0.15) is 0 Å². The van der Waals surface area contributed by atoms with Gasteiger partial charge in [-0.15, -0.1) is 5.10 Å². The molecule has 0 bridgehead atoms. The smallest absolute Gasteiger partial charge is 0.243 e. The average Bonchev–Trinajstić information content (AvgIpc) is 2.90. The third-order valence-corrected chi connectivity index (χ3v) is 3.32. The van der Waals surface area contributed by atoms with Gasteiger partial charge in [0, 0.05) is 18.8 Å². The Balaban J connectivity index is 1.82. The maximum atomic E-state index is 5.74. The third kappa shape index (κ3) is 2.35. The fraction of sp³-hybridized carbons (Fsp3) is 0.200. The molecule has 20 heavy (non-hydrogen) atoms. The third-order valence-electron chi connectivity index (χ3n) is 3.32. The molecule has 0 saturated heterocycles. The number of hydrogen-bond acceptors (Lipinski definition) is 4. The van der Waals surface area contributed by atoms with Crippen LogP contribution in [-0.2, 0) is 13.1 Å². The minimum Gasteiger partial charge on any atom is -0.349 e. The van der Waals surface area contributed by atoms with Crippen LogP contribution < -0.4 is 11.1 Å². The maximum absolute atomic E-state index is 5.74. The van der Waals surface area contributed by atoms with E-state index in [1.165, 1.54) is 5.56 Å². The van der Waals surface area contributed by atoms with Gasteiger partial charge in [-0.05, 0) is 30.2 Å². The van der Waals surface area contributed by atoms with Crippen LogP contribution in [0.3, 0.4) is 0 Å². The normalized spacial score (nSPS) is 10.9. The summed E-state index contributed by atoms with van der Waals surface area (Å²) < 4.78 is 1.83. The van der Waals surface area contributed by atoms with Crippen molar-refractivity contribution in [2.75, 3.05) is 5.32 Å². The van der Waals surface area contributed by atoms with E-state index in [1.807, 2.05) is 47.8 Å². The van der Waals surface area contributed by atoms with Gasteiger partial charge in [-0.2, -0.15) is 4.98 Å². The Labute approximate surface area is 117 Å². The molecule has 0 fully saturated rings. The second-order valence-electron chi connectivity index (χ2n) is 4.70. The summed E-state index contributed by atoms with van der Waals surface area (Å²) in [6.45, 7) is 3.22. The molecule has 0 saturated carbocycles. The van der Waals surface area contributed by atoms with Gasteiger partial charge in [-0.3, -0.25) is 0 Å². The Bertz CT molecular complexity index is 732. The fourth-order valence-corrected chi connectivity index (χ4v) is 2.21. The van der Waals surface area contributed by atoms with Gasteiger partial charge < -0.3 is 11.1 Å². The zero-order chi connectivity index (χ0) is 13.9. The van der Waals surface area contributed by atoms with Crippen LogP contribution in [0.15, 0.2) is 42.5 Å². The first-order chi connectivity index (χ1) is 9.78. The van der Waals surface area contributed by atoms with Crippen molar-refractivity contribution in [3.05, 3.63) is 59.3 Å². The highest BCUT2D eigenvalue weighted by molar-refractivity contribution is 5.45. The monoisotopic (exact) mass is 267 g/mol. The van der Waals surface area contributed by atoms with Crippen LogP contribution in [0.5, 0.6) is 0 Å². The van der Waals surface area contributed by atoms with E-state index in [0.717, 1.165) is 16.9 Å². The summed E-state index contributed by atoms with van der Waals surface area (Å²) in [4.78, 5) is 4.45. The largest absolute Gasteiger partial charge is 0.349 e. The summed E-state index contributed by atoms with van der Waals surface area (Å²) in [5.41, 5.74) is 9.96. The molecular weight excluding hydrogens is 250 g/mol. The van der Waals surface area contributed by atoms with Gasteiger partial charge in [-0.1, -0.05) is 30.3 Å². The topological polar surface area (TPSA) is 68.2 Å². The van der Waals surface area contributed by atoms with Crippen LogP contribution in [-0.4, -0.2) is 14.6 Å². The lowest BCUT2D eigenvalue weighted by atomic mass is 10.1. The van der Waals surface area contributed by atoms with Crippen molar-refractivity contribution in [1.29, 1.82) is 0 Å². The van der Waals surface area contributed by atoms with Crippen LogP contribution in [0.1, 0.15) is 16.8 Å². The molecule has 3 aromatic rings. The number of rotatable bonds is 4. The summed E-state index contributed by atoms with van der Waals surface area (Å²) in [6, 6.07) is 14.0. The van der Waals surface area contributed by atoms with Gasteiger partial charge >= 0.3 is 0 Å². The SMILES string of the molecule is Cc1cccc2nc(NCc3ccccc3CN)nn12. The molecule has 0 amide bonds.